The fourth-order valence-electron chi connectivity index (χ4n) is 1.26. The van der Waals surface area contributed by atoms with Crippen molar-refractivity contribution in [2.75, 3.05) is 7.11 Å². The maximum Gasteiger partial charge on any atom is 0.310 e. The lowest BCUT2D eigenvalue weighted by Gasteiger charge is -2.22. The summed E-state index contributed by atoms with van der Waals surface area (Å²) in [5.41, 5.74) is 5.70. The summed E-state index contributed by atoms with van der Waals surface area (Å²) in [6.45, 7) is 0. The zero-order valence-corrected chi connectivity index (χ0v) is 7.84. The van der Waals surface area contributed by atoms with Crippen molar-refractivity contribution in [3.8, 4) is 0 Å². The van der Waals surface area contributed by atoms with Crippen LogP contribution in [0.4, 0.5) is 0 Å². The lowest BCUT2D eigenvalue weighted by molar-refractivity contribution is -0.146. The Bertz CT molecular complexity index is 182. The topological polar surface area (TPSA) is 52.3 Å². The van der Waals surface area contributed by atoms with Gasteiger partial charge in [0, 0.05) is 6.04 Å². The van der Waals surface area contributed by atoms with Crippen molar-refractivity contribution in [2.45, 2.75) is 18.9 Å². The monoisotopic (exact) mass is 191 g/mol. The number of esters is 1. The Hall–Kier alpha value is -0.540. The molecule has 2 unspecified atom stereocenters. The van der Waals surface area contributed by atoms with Gasteiger partial charge in [-0.1, -0.05) is 12.2 Å². The molecule has 0 heterocycles. The molecule has 1 aliphatic rings. The van der Waals surface area contributed by atoms with Crippen molar-refractivity contribution < 1.29 is 9.53 Å². The molecule has 0 saturated carbocycles. The average Bonchev–Trinajstić information content (AvgIpc) is 2.04. The number of hydrogen-bond donors (Lipinski definition) is 1. The molecule has 0 aromatic carbocycles. The molecule has 0 fully saturated rings. The normalized spacial score (nSPS) is 27.5. The predicted molar refractivity (Wildman–Crippen MR) is 49.1 cm³/mol. The van der Waals surface area contributed by atoms with Gasteiger partial charge in [0.15, 0.2) is 0 Å². The van der Waals surface area contributed by atoms with Gasteiger partial charge >= 0.3 is 5.97 Å². The van der Waals surface area contributed by atoms with Crippen molar-refractivity contribution in [1.29, 1.82) is 0 Å². The second kappa shape index (κ2) is 5.17. The number of nitrogens with two attached hydrogens (primary N) is 1. The van der Waals surface area contributed by atoms with Gasteiger partial charge in [0.1, 0.15) is 0 Å². The van der Waals surface area contributed by atoms with E-state index in [-0.39, 0.29) is 30.3 Å². The summed E-state index contributed by atoms with van der Waals surface area (Å²) in [4.78, 5) is 11.0. The number of halogens is 1. The average molecular weight is 192 g/mol. The van der Waals surface area contributed by atoms with E-state index in [0.717, 1.165) is 6.42 Å². The van der Waals surface area contributed by atoms with Crippen LogP contribution < -0.4 is 5.73 Å². The minimum Gasteiger partial charge on any atom is -0.469 e. The lowest BCUT2D eigenvalue weighted by atomic mass is 9.90. The third-order valence-electron chi connectivity index (χ3n) is 1.99. The Morgan fingerprint density at radius 2 is 2.08 bits per heavy atom. The highest BCUT2D eigenvalue weighted by Crippen LogP contribution is 2.18. The van der Waals surface area contributed by atoms with Crippen LogP contribution in [0.2, 0.25) is 0 Å². The zero-order chi connectivity index (χ0) is 8.27. The molecule has 0 saturated heterocycles. The molecule has 0 aliphatic heterocycles. The van der Waals surface area contributed by atoms with Crippen LogP contribution in [-0.4, -0.2) is 19.1 Å². The summed E-state index contributed by atoms with van der Waals surface area (Å²) in [7, 11) is 1.40. The van der Waals surface area contributed by atoms with E-state index in [1.165, 1.54) is 7.11 Å². The molecule has 1 rings (SSSR count). The molecule has 0 aromatic rings. The predicted octanol–water partition coefficient (Wildman–Crippen LogP) is 0.875. The fraction of sp³-hybridized carbons (Fsp3) is 0.625. The third kappa shape index (κ3) is 2.50. The molecule has 3 nitrogen and oxygen atoms in total. The van der Waals surface area contributed by atoms with Gasteiger partial charge in [0.05, 0.1) is 13.0 Å². The van der Waals surface area contributed by atoms with E-state index in [0.29, 0.717) is 6.42 Å². The summed E-state index contributed by atoms with van der Waals surface area (Å²) in [6, 6.07) is -0.0625. The molecular formula is C8H14ClNO2. The fourth-order valence-corrected chi connectivity index (χ4v) is 1.26. The Balaban J connectivity index is 0.00000121. The van der Waals surface area contributed by atoms with Crippen molar-refractivity contribution >= 4 is 18.4 Å². The zero-order valence-electron chi connectivity index (χ0n) is 7.03. The quantitative estimate of drug-likeness (QED) is 0.495. The lowest BCUT2D eigenvalue weighted by Crippen LogP contribution is -2.37. The van der Waals surface area contributed by atoms with Crippen LogP contribution >= 0.6 is 12.4 Å². The summed E-state index contributed by atoms with van der Waals surface area (Å²) in [5.74, 6) is -0.327. The summed E-state index contributed by atoms with van der Waals surface area (Å²) < 4.78 is 4.61. The Morgan fingerprint density at radius 3 is 2.58 bits per heavy atom. The molecule has 1 aliphatic carbocycles. The largest absolute Gasteiger partial charge is 0.469 e. The minimum absolute atomic E-state index is 0. The molecule has 12 heavy (non-hydrogen) atoms. The van der Waals surface area contributed by atoms with E-state index in [9.17, 15) is 4.79 Å². The van der Waals surface area contributed by atoms with E-state index in [1.807, 2.05) is 12.2 Å². The standard InChI is InChI=1S/C8H13NO2.ClH/c1-11-8(10)6-4-2-3-5-7(6)9;/h2-3,6-7H,4-5,9H2,1H3;1H. The van der Waals surface area contributed by atoms with Gasteiger partial charge in [-0.05, 0) is 12.8 Å². The highest BCUT2D eigenvalue weighted by molar-refractivity contribution is 5.85. The first-order valence-electron chi connectivity index (χ1n) is 3.74. The van der Waals surface area contributed by atoms with Crippen molar-refractivity contribution in [3.05, 3.63) is 12.2 Å². The number of allylic oxidation sites excluding steroid dienone is 1. The second-order valence-corrected chi connectivity index (χ2v) is 2.74. The first kappa shape index (κ1) is 11.5. The van der Waals surface area contributed by atoms with Crippen molar-refractivity contribution in [1.82, 2.24) is 0 Å². The molecule has 0 amide bonds. The summed E-state index contributed by atoms with van der Waals surface area (Å²) in [6.07, 6.45) is 5.47. The van der Waals surface area contributed by atoms with Crippen LogP contribution in [0.25, 0.3) is 0 Å². The van der Waals surface area contributed by atoms with Crippen LogP contribution in [0, 0.1) is 5.92 Å². The maximum absolute atomic E-state index is 11.0. The first-order chi connectivity index (χ1) is 5.25. The molecule has 4 heteroatoms. The Morgan fingerprint density at radius 1 is 1.50 bits per heavy atom. The van der Waals surface area contributed by atoms with Gasteiger partial charge in [-0.25, -0.2) is 0 Å². The third-order valence-corrected chi connectivity index (χ3v) is 1.99. The van der Waals surface area contributed by atoms with Gasteiger partial charge in [-0.2, -0.15) is 0 Å². The van der Waals surface area contributed by atoms with Gasteiger partial charge in [0.25, 0.3) is 0 Å². The molecule has 0 spiro atoms. The van der Waals surface area contributed by atoms with Crippen LogP contribution in [0.15, 0.2) is 12.2 Å². The number of rotatable bonds is 1. The van der Waals surface area contributed by atoms with Gasteiger partial charge in [-0.15, -0.1) is 12.4 Å². The van der Waals surface area contributed by atoms with Gasteiger partial charge < -0.3 is 10.5 Å². The van der Waals surface area contributed by atoms with Gasteiger partial charge in [-0.3, -0.25) is 4.79 Å². The number of carbonyl (C=O) groups is 1. The number of methoxy groups -OCH3 is 1. The molecule has 0 radical (unpaired) electrons. The second-order valence-electron chi connectivity index (χ2n) is 2.74. The number of carbonyl (C=O) groups excluding carboxylic acids is 1. The van der Waals surface area contributed by atoms with Crippen molar-refractivity contribution in [3.63, 3.8) is 0 Å². The molecule has 0 bridgehead atoms. The van der Waals surface area contributed by atoms with Crippen LogP contribution in [-0.2, 0) is 9.53 Å². The smallest absolute Gasteiger partial charge is 0.310 e. The molecule has 0 aromatic heterocycles. The van der Waals surface area contributed by atoms with Crippen LogP contribution in [0.3, 0.4) is 0 Å². The Kier molecular flexibility index (Phi) is 4.93. The highest BCUT2D eigenvalue weighted by atomic mass is 35.5. The minimum atomic E-state index is -0.193. The van der Waals surface area contributed by atoms with E-state index in [1.54, 1.807) is 0 Å². The van der Waals surface area contributed by atoms with E-state index >= 15 is 0 Å². The Labute approximate surface area is 78.4 Å². The number of ether oxygens (including phenoxy) is 1. The molecule has 70 valence electrons. The van der Waals surface area contributed by atoms with E-state index in [2.05, 4.69) is 4.74 Å². The number of hydrogen-bond acceptors (Lipinski definition) is 3. The van der Waals surface area contributed by atoms with E-state index < -0.39 is 0 Å². The molecular weight excluding hydrogens is 178 g/mol. The van der Waals surface area contributed by atoms with E-state index in [4.69, 9.17) is 5.73 Å². The van der Waals surface area contributed by atoms with Crippen molar-refractivity contribution in [2.24, 2.45) is 11.7 Å². The molecule has 2 N–H and O–H groups in total. The summed E-state index contributed by atoms with van der Waals surface area (Å²) >= 11 is 0. The van der Waals surface area contributed by atoms with Gasteiger partial charge in [0.2, 0.25) is 0 Å². The maximum atomic E-state index is 11.0. The van der Waals surface area contributed by atoms with Crippen LogP contribution in [0.1, 0.15) is 12.8 Å². The summed E-state index contributed by atoms with van der Waals surface area (Å²) in [5, 5.41) is 0. The van der Waals surface area contributed by atoms with Crippen LogP contribution in [0.5, 0.6) is 0 Å². The first-order valence-corrected chi connectivity index (χ1v) is 3.74. The SMILES string of the molecule is COC(=O)C1CC=CCC1N.Cl. The highest BCUT2D eigenvalue weighted by Gasteiger charge is 2.26. The molecule has 2 atom stereocenters.